The molecular formula is C22H31N3O3. The van der Waals surface area contributed by atoms with Crippen LogP contribution in [0.15, 0.2) is 17.2 Å². The zero-order chi connectivity index (χ0) is 19.7. The molecule has 1 aromatic heterocycles. The van der Waals surface area contributed by atoms with Crippen LogP contribution in [0.25, 0.3) is 0 Å². The van der Waals surface area contributed by atoms with Crippen molar-refractivity contribution in [3.63, 3.8) is 0 Å². The van der Waals surface area contributed by atoms with Crippen molar-refractivity contribution in [1.82, 2.24) is 14.8 Å². The van der Waals surface area contributed by atoms with Crippen LogP contribution in [0, 0.1) is 5.92 Å². The van der Waals surface area contributed by atoms with E-state index < -0.39 is 5.43 Å². The van der Waals surface area contributed by atoms with E-state index in [-0.39, 0.29) is 35.0 Å². The third-order valence-electron chi connectivity index (χ3n) is 6.37. The Labute approximate surface area is 166 Å². The largest absolute Gasteiger partial charge is 0.349 e. The average Bonchev–Trinajstić information content (AvgIpc) is 3.52. The highest BCUT2D eigenvalue weighted by molar-refractivity contribution is 5.99. The lowest BCUT2D eigenvalue weighted by Crippen LogP contribution is -2.42. The van der Waals surface area contributed by atoms with Gasteiger partial charge in [0.25, 0.3) is 11.8 Å². The van der Waals surface area contributed by atoms with Gasteiger partial charge in [-0.15, -0.1) is 0 Å². The predicted molar refractivity (Wildman–Crippen MR) is 108 cm³/mol. The second kappa shape index (κ2) is 8.10. The SMILES string of the molecule is CC1CCCN(C(=O)c2cn(C3CCCCC3)cc(C(=O)NC3CC3)c2=O)C1. The standard InChI is InChI=1S/C22H31N3O3/c1-15-6-5-11-24(12-15)22(28)19-14-25(17-7-3-2-4-8-17)13-18(20(19)26)21(27)23-16-9-10-16/h13-17H,2-12H2,1H3,(H,23,27). The van der Waals surface area contributed by atoms with Crippen molar-refractivity contribution in [3.8, 4) is 0 Å². The predicted octanol–water partition coefficient (Wildman–Crippen LogP) is 3.12. The van der Waals surface area contributed by atoms with Crippen molar-refractivity contribution >= 4 is 11.8 Å². The molecule has 152 valence electrons. The van der Waals surface area contributed by atoms with Gasteiger partial charge in [0.05, 0.1) is 0 Å². The Bertz CT molecular complexity index is 806. The number of likely N-dealkylation sites (tertiary alicyclic amines) is 1. The van der Waals surface area contributed by atoms with Crippen LogP contribution in [-0.2, 0) is 0 Å². The van der Waals surface area contributed by atoms with Crippen LogP contribution in [-0.4, -0.2) is 40.4 Å². The number of amides is 2. The van der Waals surface area contributed by atoms with Gasteiger partial charge in [-0.05, 0) is 44.4 Å². The fraction of sp³-hybridized carbons (Fsp3) is 0.682. The summed E-state index contributed by atoms with van der Waals surface area (Å²) in [5.41, 5.74) is -0.148. The molecule has 1 aromatic rings. The van der Waals surface area contributed by atoms with Crippen molar-refractivity contribution in [1.29, 1.82) is 0 Å². The fourth-order valence-corrected chi connectivity index (χ4v) is 4.54. The first-order valence-corrected chi connectivity index (χ1v) is 10.9. The highest BCUT2D eigenvalue weighted by Gasteiger charge is 2.30. The molecule has 6 heteroatoms. The minimum Gasteiger partial charge on any atom is -0.349 e. The van der Waals surface area contributed by atoms with Gasteiger partial charge in [0.2, 0.25) is 5.43 Å². The van der Waals surface area contributed by atoms with E-state index in [9.17, 15) is 14.4 Å². The lowest BCUT2D eigenvalue weighted by atomic mass is 9.94. The topological polar surface area (TPSA) is 71.4 Å². The van der Waals surface area contributed by atoms with Crippen LogP contribution < -0.4 is 10.7 Å². The van der Waals surface area contributed by atoms with Crippen LogP contribution in [0.4, 0.5) is 0 Å². The molecule has 4 rings (SSSR count). The van der Waals surface area contributed by atoms with E-state index in [4.69, 9.17) is 0 Å². The Kier molecular flexibility index (Phi) is 5.56. The quantitative estimate of drug-likeness (QED) is 0.866. The zero-order valence-corrected chi connectivity index (χ0v) is 16.8. The minimum atomic E-state index is -0.423. The van der Waals surface area contributed by atoms with Crippen LogP contribution >= 0.6 is 0 Å². The van der Waals surface area contributed by atoms with Crippen LogP contribution in [0.5, 0.6) is 0 Å². The highest BCUT2D eigenvalue weighted by atomic mass is 16.2. The Balaban J connectivity index is 1.69. The number of carbonyl (C=O) groups excluding carboxylic acids is 2. The van der Waals surface area contributed by atoms with Gasteiger partial charge in [0.15, 0.2) is 0 Å². The monoisotopic (exact) mass is 385 g/mol. The summed E-state index contributed by atoms with van der Waals surface area (Å²) < 4.78 is 1.98. The normalized spacial score (nSPS) is 23.5. The molecule has 2 heterocycles. The van der Waals surface area contributed by atoms with Gasteiger partial charge >= 0.3 is 0 Å². The molecule has 0 spiro atoms. The molecule has 0 aromatic carbocycles. The molecular weight excluding hydrogens is 354 g/mol. The number of aromatic nitrogens is 1. The van der Waals surface area contributed by atoms with Crippen LogP contribution in [0.1, 0.15) is 91.5 Å². The molecule has 0 bridgehead atoms. The van der Waals surface area contributed by atoms with Crippen molar-refractivity contribution < 1.29 is 9.59 Å². The number of hydrogen-bond donors (Lipinski definition) is 1. The number of rotatable bonds is 4. The van der Waals surface area contributed by atoms with Gasteiger partial charge in [-0.25, -0.2) is 0 Å². The van der Waals surface area contributed by atoms with Gasteiger partial charge in [-0.3, -0.25) is 14.4 Å². The summed E-state index contributed by atoms with van der Waals surface area (Å²) in [4.78, 5) is 40.8. The van der Waals surface area contributed by atoms with Gasteiger partial charge in [-0.2, -0.15) is 0 Å². The molecule has 28 heavy (non-hydrogen) atoms. The first-order chi connectivity index (χ1) is 13.5. The third kappa shape index (κ3) is 4.15. The maximum Gasteiger partial charge on any atom is 0.259 e. The summed E-state index contributed by atoms with van der Waals surface area (Å²) in [7, 11) is 0. The number of nitrogens with zero attached hydrogens (tertiary/aromatic N) is 2. The van der Waals surface area contributed by atoms with E-state index in [1.54, 1.807) is 17.3 Å². The first-order valence-electron chi connectivity index (χ1n) is 10.9. The number of nitrogens with one attached hydrogen (secondary N) is 1. The van der Waals surface area contributed by atoms with Gasteiger partial charge in [0.1, 0.15) is 11.1 Å². The van der Waals surface area contributed by atoms with Crippen molar-refractivity contribution in [2.24, 2.45) is 5.92 Å². The van der Waals surface area contributed by atoms with Gasteiger partial charge in [-0.1, -0.05) is 26.2 Å². The lowest BCUT2D eigenvalue weighted by Gasteiger charge is -2.31. The second-order valence-corrected chi connectivity index (χ2v) is 8.90. The summed E-state index contributed by atoms with van der Waals surface area (Å²) >= 11 is 0. The summed E-state index contributed by atoms with van der Waals surface area (Å²) in [5.74, 6) is -0.111. The van der Waals surface area contributed by atoms with Gasteiger partial charge in [0, 0.05) is 37.6 Å². The smallest absolute Gasteiger partial charge is 0.259 e. The maximum atomic E-state index is 13.2. The number of carbonyl (C=O) groups is 2. The summed E-state index contributed by atoms with van der Waals surface area (Å²) in [6.45, 7) is 3.50. The maximum absolute atomic E-state index is 13.2. The minimum absolute atomic E-state index is 0.119. The molecule has 2 aliphatic carbocycles. The molecule has 1 aliphatic heterocycles. The van der Waals surface area contributed by atoms with E-state index >= 15 is 0 Å². The Morgan fingerprint density at radius 2 is 1.68 bits per heavy atom. The van der Waals surface area contributed by atoms with E-state index in [0.29, 0.717) is 19.0 Å². The van der Waals surface area contributed by atoms with Crippen molar-refractivity contribution in [2.45, 2.75) is 76.8 Å². The molecule has 1 saturated heterocycles. The Hall–Kier alpha value is -2.11. The molecule has 3 fully saturated rings. The zero-order valence-electron chi connectivity index (χ0n) is 16.8. The van der Waals surface area contributed by atoms with Crippen LogP contribution in [0.2, 0.25) is 0 Å². The summed E-state index contributed by atoms with van der Waals surface area (Å²) in [5, 5.41) is 2.92. The van der Waals surface area contributed by atoms with Crippen molar-refractivity contribution in [3.05, 3.63) is 33.7 Å². The first kappa shape index (κ1) is 19.2. The molecule has 0 radical (unpaired) electrons. The van der Waals surface area contributed by atoms with Crippen LogP contribution in [0.3, 0.4) is 0 Å². The molecule has 6 nitrogen and oxygen atoms in total. The summed E-state index contributed by atoms with van der Waals surface area (Å²) in [6.07, 6.45) is 13.0. The fourth-order valence-electron chi connectivity index (χ4n) is 4.54. The second-order valence-electron chi connectivity index (χ2n) is 8.90. The third-order valence-corrected chi connectivity index (χ3v) is 6.37. The van der Waals surface area contributed by atoms with E-state index in [2.05, 4.69) is 12.2 Å². The number of hydrogen-bond acceptors (Lipinski definition) is 3. The molecule has 2 amide bonds. The van der Waals surface area contributed by atoms with Gasteiger partial charge < -0.3 is 14.8 Å². The number of piperidine rings is 1. The van der Waals surface area contributed by atoms with Crippen molar-refractivity contribution in [2.75, 3.05) is 13.1 Å². The highest BCUT2D eigenvalue weighted by Crippen LogP contribution is 2.28. The number of pyridine rings is 1. The van der Waals surface area contributed by atoms with E-state index in [1.807, 2.05) is 4.57 Å². The molecule has 3 aliphatic rings. The Morgan fingerprint density at radius 3 is 2.36 bits per heavy atom. The summed E-state index contributed by atoms with van der Waals surface area (Å²) in [6, 6.07) is 0.436. The molecule has 2 saturated carbocycles. The molecule has 1 atom stereocenters. The van der Waals surface area contributed by atoms with E-state index in [1.165, 1.54) is 6.42 Å². The average molecular weight is 386 g/mol. The lowest BCUT2D eigenvalue weighted by molar-refractivity contribution is 0.0680. The van der Waals surface area contributed by atoms with E-state index in [0.717, 1.165) is 51.4 Å². The Morgan fingerprint density at radius 1 is 0.964 bits per heavy atom. The molecule has 1 unspecified atom stereocenters. The molecule has 1 N–H and O–H groups in total.